The van der Waals surface area contributed by atoms with Gasteiger partial charge >= 0.3 is 0 Å². The third-order valence-corrected chi connectivity index (χ3v) is 3.08. The number of carbonyl (C=O) groups excluding carboxylic acids is 1. The zero-order chi connectivity index (χ0) is 12.4. The molecule has 0 aromatic carbocycles. The number of anilines is 1. The Morgan fingerprint density at radius 3 is 2.94 bits per heavy atom. The topological polar surface area (TPSA) is 70.4 Å². The van der Waals surface area contributed by atoms with E-state index in [0.717, 1.165) is 23.6 Å². The van der Waals surface area contributed by atoms with Gasteiger partial charge < -0.3 is 15.3 Å². The molecule has 1 amide bonds. The maximum Gasteiger partial charge on any atom is 0.221 e. The summed E-state index contributed by atoms with van der Waals surface area (Å²) in [7, 11) is 1.86. The minimum Gasteiger partial charge on any atom is -0.391 e. The third-order valence-electron chi connectivity index (χ3n) is 3.08. The van der Waals surface area contributed by atoms with Crippen LogP contribution in [0.15, 0.2) is 0 Å². The van der Waals surface area contributed by atoms with E-state index in [1.807, 2.05) is 14.0 Å². The summed E-state index contributed by atoms with van der Waals surface area (Å²) in [5, 5.41) is 16.6. The summed E-state index contributed by atoms with van der Waals surface area (Å²) in [6.45, 7) is 3.91. The van der Waals surface area contributed by atoms with Crippen LogP contribution in [0.2, 0.25) is 0 Å². The highest BCUT2D eigenvalue weighted by atomic mass is 16.3. The first-order valence-electron chi connectivity index (χ1n) is 5.78. The highest BCUT2D eigenvalue weighted by Gasteiger charge is 2.21. The summed E-state index contributed by atoms with van der Waals surface area (Å²) in [5.41, 5.74) is 1.69. The van der Waals surface area contributed by atoms with Crippen LogP contribution in [0.25, 0.3) is 0 Å². The normalized spacial score (nSPS) is 16.9. The lowest BCUT2D eigenvalue weighted by Gasteiger charge is -2.22. The van der Waals surface area contributed by atoms with Crippen LogP contribution in [-0.2, 0) is 18.4 Å². The Bertz CT molecular complexity index is 427. The lowest BCUT2D eigenvalue weighted by atomic mass is 10.2. The molecule has 0 unspecified atom stereocenters. The van der Waals surface area contributed by atoms with Crippen molar-refractivity contribution in [2.45, 2.75) is 20.0 Å². The number of aromatic nitrogens is 2. The van der Waals surface area contributed by atoms with Gasteiger partial charge in [-0.15, -0.1) is 0 Å². The van der Waals surface area contributed by atoms with Gasteiger partial charge in [0.15, 0.2) is 0 Å². The molecule has 6 nitrogen and oxygen atoms in total. The number of hydrogen-bond donors (Lipinski definition) is 2. The Hall–Kier alpha value is -1.56. The van der Waals surface area contributed by atoms with Crippen LogP contribution in [0, 0.1) is 6.92 Å². The zero-order valence-corrected chi connectivity index (χ0v) is 10.2. The van der Waals surface area contributed by atoms with Crippen molar-refractivity contribution in [3.05, 3.63) is 11.3 Å². The Labute approximate surface area is 100 Å². The molecular weight excluding hydrogens is 220 g/mol. The van der Waals surface area contributed by atoms with Crippen molar-refractivity contribution < 1.29 is 9.90 Å². The first kappa shape index (κ1) is 11.9. The van der Waals surface area contributed by atoms with Gasteiger partial charge in [0.05, 0.1) is 12.3 Å². The molecule has 2 N–H and O–H groups in total. The van der Waals surface area contributed by atoms with E-state index in [0.29, 0.717) is 19.5 Å². The van der Waals surface area contributed by atoms with Crippen LogP contribution in [0.4, 0.5) is 5.82 Å². The second-order valence-electron chi connectivity index (χ2n) is 4.26. The molecule has 1 aromatic rings. The number of aryl methyl sites for hydroxylation is 2. The maximum atomic E-state index is 11.3. The van der Waals surface area contributed by atoms with Crippen LogP contribution >= 0.6 is 0 Å². The summed E-state index contributed by atoms with van der Waals surface area (Å²) in [6, 6.07) is 0. The molecule has 94 valence electrons. The van der Waals surface area contributed by atoms with E-state index in [1.54, 1.807) is 4.68 Å². The Balaban J connectivity index is 2.29. The minimum absolute atomic E-state index is 0.0210. The Morgan fingerprint density at radius 1 is 1.47 bits per heavy atom. The SMILES string of the molecule is Cc1nn(C)c(N2CCNC(=O)CC2)c1CO. The summed E-state index contributed by atoms with van der Waals surface area (Å²) < 4.78 is 1.77. The van der Waals surface area contributed by atoms with Crippen LogP contribution in [0.3, 0.4) is 0 Å². The van der Waals surface area contributed by atoms with Gasteiger partial charge in [-0.3, -0.25) is 9.48 Å². The van der Waals surface area contributed by atoms with Gasteiger partial charge in [0.25, 0.3) is 0 Å². The van der Waals surface area contributed by atoms with E-state index in [4.69, 9.17) is 0 Å². The number of aliphatic hydroxyl groups is 1. The minimum atomic E-state index is -0.0210. The number of amides is 1. The van der Waals surface area contributed by atoms with Crippen molar-refractivity contribution in [2.24, 2.45) is 7.05 Å². The van der Waals surface area contributed by atoms with Crippen LogP contribution in [-0.4, -0.2) is 40.4 Å². The number of rotatable bonds is 2. The largest absolute Gasteiger partial charge is 0.391 e. The number of aliphatic hydroxyl groups excluding tert-OH is 1. The average molecular weight is 238 g/mol. The lowest BCUT2D eigenvalue weighted by molar-refractivity contribution is -0.120. The molecule has 0 saturated carbocycles. The number of carbonyl (C=O) groups is 1. The molecule has 1 aliphatic rings. The van der Waals surface area contributed by atoms with Gasteiger partial charge in [0.2, 0.25) is 5.91 Å². The number of nitrogens with one attached hydrogen (secondary N) is 1. The highest BCUT2D eigenvalue weighted by Crippen LogP contribution is 2.23. The fraction of sp³-hybridized carbons (Fsp3) is 0.636. The maximum absolute atomic E-state index is 11.3. The van der Waals surface area contributed by atoms with Crippen molar-refractivity contribution >= 4 is 11.7 Å². The third kappa shape index (κ3) is 2.26. The molecule has 0 aliphatic carbocycles. The molecule has 6 heteroatoms. The predicted molar refractivity (Wildman–Crippen MR) is 63.7 cm³/mol. The summed E-state index contributed by atoms with van der Waals surface area (Å²) >= 11 is 0. The second-order valence-corrected chi connectivity index (χ2v) is 4.26. The van der Waals surface area contributed by atoms with E-state index in [2.05, 4.69) is 15.3 Å². The first-order chi connectivity index (χ1) is 8.13. The second kappa shape index (κ2) is 4.75. The Kier molecular flexibility index (Phi) is 3.33. The standard InChI is InChI=1S/C11H18N4O2/c1-8-9(7-16)11(14(2)13-8)15-5-3-10(17)12-4-6-15/h16H,3-7H2,1-2H3,(H,12,17). The van der Waals surface area contributed by atoms with E-state index in [1.165, 1.54) is 0 Å². The Morgan fingerprint density at radius 2 is 2.24 bits per heavy atom. The van der Waals surface area contributed by atoms with E-state index < -0.39 is 0 Å². The molecule has 0 radical (unpaired) electrons. The molecule has 2 rings (SSSR count). The first-order valence-corrected chi connectivity index (χ1v) is 5.78. The molecule has 17 heavy (non-hydrogen) atoms. The van der Waals surface area contributed by atoms with Gasteiger partial charge in [0, 0.05) is 38.7 Å². The van der Waals surface area contributed by atoms with E-state index >= 15 is 0 Å². The lowest BCUT2D eigenvalue weighted by Crippen LogP contribution is -2.30. The summed E-state index contributed by atoms with van der Waals surface area (Å²) in [4.78, 5) is 13.4. The molecule has 1 aromatic heterocycles. The molecule has 1 saturated heterocycles. The van der Waals surface area contributed by atoms with Crippen molar-refractivity contribution in [3.63, 3.8) is 0 Å². The van der Waals surface area contributed by atoms with Crippen molar-refractivity contribution in [1.82, 2.24) is 15.1 Å². The van der Waals surface area contributed by atoms with Crippen LogP contribution in [0.1, 0.15) is 17.7 Å². The van der Waals surface area contributed by atoms with Crippen molar-refractivity contribution in [1.29, 1.82) is 0 Å². The molecule has 1 aliphatic heterocycles. The highest BCUT2D eigenvalue weighted by molar-refractivity contribution is 5.77. The smallest absolute Gasteiger partial charge is 0.221 e. The van der Waals surface area contributed by atoms with Crippen molar-refractivity contribution in [3.8, 4) is 0 Å². The van der Waals surface area contributed by atoms with Crippen LogP contribution in [0.5, 0.6) is 0 Å². The van der Waals surface area contributed by atoms with Gasteiger partial charge in [-0.25, -0.2) is 0 Å². The van der Waals surface area contributed by atoms with Crippen LogP contribution < -0.4 is 10.2 Å². The molecule has 2 heterocycles. The van der Waals surface area contributed by atoms with Gasteiger partial charge in [0.1, 0.15) is 5.82 Å². The van der Waals surface area contributed by atoms with E-state index in [-0.39, 0.29) is 12.5 Å². The quantitative estimate of drug-likeness (QED) is 0.732. The average Bonchev–Trinajstić information content (AvgIpc) is 2.46. The van der Waals surface area contributed by atoms with Gasteiger partial charge in [-0.1, -0.05) is 0 Å². The van der Waals surface area contributed by atoms with Gasteiger partial charge in [-0.05, 0) is 6.92 Å². The molecule has 0 bridgehead atoms. The molecule has 0 spiro atoms. The van der Waals surface area contributed by atoms with Gasteiger partial charge in [-0.2, -0.15) is 5.10 Å². The summed E-state index contributed by atoms with van der Waals surface area (Å²) in [6.07, 6.45) is 0.481. The number of hydrogen-bond acceptors (Lipinski definition) is 4. The number of nitrogens with zero attached hydrogens (tertiary/aromatic N) is 3. The predicted octanol–water partition coefficient (Wildman–Crippen LogP) is -0.453. The van der Waals surface area contributed by atoms with Crippen molar-refractivity contribution in [2.75, 3.05) is 24.5 Å². The summed E-state index contributed by atoms with van der Waals surface area (Å²) in [5.74, 6) is 0.999. The van der Waals surface area contributed by atoms with E-state index in [9.17, 15) is 9.90 Å². The fourth-order valence-corrected chi connectivity index (χ4v) is 2.25. The molecular formula is C11H18N4O2. The molecule has 0 atom stereocenters. The molecule has 1 fully saturated rings. The monoisotopic (exact) mass is 238 g/mol. The zero-order valence-electron chi connectivity index (χ0n) is 10.2. The fourth-order valence-electron chi connectivity index (χ4n) is 2.25.